The van der Waals surface area contributed by atoms with E-state index >= 15 is 0 Å². The number of carbonyl (C=O) groups excluding carboxylic acids is 2. The second-order valence-electron chi connectivity index (χ2n) is 4.95. The maximum Gasteiger partial charge on any atom is 0.342 e. The zero-order valence-corrected chi connectivity index (χ0v) is 13.1. The Bertz CT molecular complexity index is 670. The Morgan fingerprint density at radius 1 is 1.04 bits per heavy atom. The van der Waals surface area contributed by atoms with E-state index in [1.807, 2.05) is 30.3 Å². The number of carbonyl (C=O) groups is 2. The highest BCUT2D eigenvalue weighted by Crippen LogP contribution is 2.18. The van der Waals surface area contributed by atoms with Gasteiger partial charge in [-0.1, -0.05) is 42.5 Å². The van der Waals surface area contributed by atoms with Gasteiger partial charge in [0.05, 0.1) is 7.11 Å². The summed E-state index contributed by atoms with van der Waals surface area (Å²) in [7, 11) is 1.47. The van der Waals surface area contributed by atoms with Crippen LogP contribution in [-0.2, 0) is 16.1 Å². The molecule has 120 valence electrons. The fourth-order valence-electron chi connectivity index (χ4n) is 2.02. The molecule has 0 heterocycles. The molecule has 5 heteroatoms. The van der Waals surface area contributed by atoms with Gasteiger partial charge >= 0.3 is 5.97 Å². The Hall–Kier alpha value is -2.82. The molecule has 1 amide bonds. The van der Waals surface area contributed by atoms with Gasteiger partial charge in [0.1, 0.15) is 11.3 Å². The van der Waals surface area contributed by atoms with Crippen molar-refractivity contribution in [1.29, 1.82) is 0 Å². The van der Waals surface area contributed by atoms with Gasteiger partial charge in [-0.25, -0.2) is 4.79 Å². The molecule has 1 unspecified atom stereocenters. The predicted octanol–water partition coefficient (Wildman–Crippen LogP) is 2.56. The van der Waals surface area contributed by atoms with Gasteiger partial charge in [0, 0.05) is 6.54 Å². The Morgan fingerprint density at radius 2 is 1.70 bits per heavy atom. The first-order chi connectivity index (χ1) is 11.1. The van der Waals surface area contributed by atoms with Crippen LogP contribution in [0.4, 0.5) is 0 Å². The molecule has 0 bridgehead atoms. The Morgan fingerprint density at radius 3 is 2.39 bits per heavy atom. The molecule has 2 rings (SSSR count). The average molecular weight is 313 g/mol. The van der Waals surface area contributed by atoms with Crippen molar-refractivity contribution in [3.8, 4) is 5.75 Å². The lowest BCUT2D eigenvalue weighted by molar-refractivity contribution is -0.129. The van der Waals surface area contributed by atoms with Gasteiger partial charge in [-0.15, -0.1) is 0 Å². The van der Waals surface area contributed by atoms with Gasteiger partial charge < -0.3 is 14.8 Å². The van der Waals surface area contributed by atoms with E-state index in [1.54, 1.807) is 24.3 Å². The first-order valence-corrected chi connectivity index (χ1v) is 7.27. The monoisotopic (exact) mass is 313 g/mol. The van der Waals surface area contributed by atoms with Crippen LogP contribution in [0.25, 0.3) is 0 Å². The minimum absolute atomic E-state index is 0.290. The van der Waals surface area contributed by atoms with Crippen molar-refractivity contribution in [3.63, 3.8) is 0 Å². The van der Waals surface area contributed by atoms with Crippen LogP contribution < -0.4 is 10.1 Å². The molecule has 0 aromatic heterocycles. The lowest BCUT2D eigenvalue weighted by atomic mass is 10.2. The van der Waals surface area contributed by atoms with E-state index in [0.29, 0.717) is 12.3 Å². The SMILES string of the molecule is COc1ccccc1C(=O)OC(C)C(=O)NCc1ccccc1. The van der Waals surface area contributed by atoms with Crippen LogP contribution >= 0.6 is 0 Å². The third-order valence-electron chi connectivity index (χ3n) is 3.29. The van der Waals surface area contributed by atoms with Gasteiger partial charge in [0.15, 0.2) is 6.10 Å². The molecule has 1 N–H and O–H groups in total. The van der Waals surface area contributed by atoms with E-state index in [2.05, 4.69) is 5.32 Å². The molecule has 23 heavy (non-hydrogen) atoms. The number of amides is 1. The summed E-state index contributed by atoms with van der Waals surface area (Å²) in [5.41, 5.74) is 1.27. The number of hydrogen-bond acceptors (Lipinski definition) is 4. The van der Waals surface area contributed by atoms with Crippen molar-refractivity contribution < 1.29 is 19.1 Å². The molecule has 0 saturated carbocycles. The van der Waals surface area contributed by atoms with Crippen molar-refractivity contribution in [2.24, 2.45) is 0 Å². The average Bonchev–Trinajstić information content (AvgIpc) is 2.60. The molecule has 0 fully saturated rings. The fraction of sp³-hybridized carbons (Fsp3) is 0.222. The zero-order chi connectivity index (χ0) is 16.7. The first-order valence-electron chi connectivity index (χ1n) is 7.27. The number of para-hydroxylation sites is 1. The minimum atomic E-state index is -0.892. The molecule has 0 radical (unpaired) electrons. The molecule has 0 aliphatic rings. The number of nitrogens with one attached hydrogen (secondary N) is 1. The molecule has 0 saturated heterocycles. The Balaban J connectivity index is 1.91. The quantitative estimate of drug-likeness (QED) is 0.833. The Labute approximate surface area is 135 Å². The Kier molecular flexibility index (Phi) is 5.74. The standard InChI is InChI=1S/C18H19NO4/c1-13(17(20)19-12-14-8-4-3-5-9-14)23-18(21)15-10-6-7-11-16(15)22-2/h3-11,13H,12H2,1-2H3,(H,19,20). The first kappa shape index (κ1) is 16.5. The van der Waals surface area contributed by atoms with Gasteiger partial charge in [0.25, 0.3) is 5.91 Å². The largest absolute Gasteiger partial charge is 0.496 e. The summed E-state index contributed by atoms with van der Waals surface area (Å²) in [5, 5.41) is 2.74. The summed E-state index contributed by atoms with van der Waals surface area (Å²) in [6.45, 7) is 1.92. The molecule has 0 aliphatic carbocycles. The third kappa shape index (κ3) is 4.57. The third-order valence-corrected chi connectivity index (χ3v) is 3.29. The maximum absolute atomic E-state index is 12.1. The number of benzene rings is 2. The van der Waals surface area contributed by atoms with Crippen LogP contribution in [0.3, 0.4) is 0 Å². The molecule has 2 aromatic carbocycles. The van der Waals surface area contributed by atoms with Crippen molar-refractivity contribution in [2.75, 3.05) is 7.11 Å². The molecular formula is C18H19NO4. The summed E-state index contributed by atoms with van der Waals surface area (Å²) in [4.78, 5) is 24.1. The lowest BCUT2D eigenvalue weighted by Gasteiger charge is -2.14. The molecule has 1 atom stereocenters. The van der Waals surface area contributed by atoms with E-state index in [0.717, 1.165) is 5.56 Å². The summed E-state index contributed by atoms with van der Waals surface area (Å²) in [6.07, 6.45) is -0.892. The van der Waals surface area contributed by atoms with Crippen LogP contribution in [0.1, 0.15) is 22.8 Å². The van der Waals surface area contributed by atoms with E-state index in [1.165, 1.54) is 14.0 Å². The summed E-state index contributed by atoms with van der Waals surface area (Å²) in [6, 6.07) is 16.2. The second-order valence-corrected chi connectivity index (χ2v) is 4.95. The van der Waals surface area contributed by atoms with Crippen molar-refractivity contribution in [2.45, 2.75) is 19.6 Å². The second kappa shape index (κ2) is 7.98. The summed E-state index contributed by atoms with van der Waals surface area (Å²) in [5.74, 6) is -0.531. The van der Waals surface area contributed by atoms with E-state index in [9.17, 15) is 9.59 Å². The van der Waals surface area contributed by atoms with Crippen LogP contribution in [0.5, 0.6) is 5.75 Å². The molecule has 0 spiro atoms. The van der Waals surface area contributed by atoms with Gasteiger partial charge in [-0.2, -0.15) is 0 Å². The van der Waals surface area contributed by atoms with E-state index in [4.69, 9.17) is 9.47 Å². The van der Waals surface area contributed by atoms with Crippen LogP contribution in [-0.4, -0.2) is 25.1 Å². The minimum Gasteiger partial charge on any atom is -0.496 e. The van der Waals surface area contributed by atoms with Gasteiger partial charge in [-0.3, -0.25) is 4.79 Å². The molecule has 0 aliphatic heterocycles. The highest BCUT2D eigenvalue weighted by Gasteiger charge is 2.20. The number of ether oxygens (including phenoxy) is 2. The lowest BCUT2D eigenvalue weighted by Crippen LogP contribution is -2.35. The molecule has 2 aromatic rings. The zero-order valence-electron chi connectivity index (χ0n) is 13.1. The maximum atomic E-state index is 12.1. The highest BCUT2D eigenvalue weighted by molar-refractivity contribution is 5.94. The van der Waals surface area contributed by atoms with Crippen molar-refractivity contribution in [1.82, 2.24) is 5.32 Å². The normalized spacial score (nSPS) is 11.4. The van der Waals surface area contributed by atoms with E-state index < -0.39 is 12.1 Å². The van der Waals surface area contributed by atoms with Crippen LogP contribution in [0, 0.1) is 0 Å². The molecular weight excluding hydrogens is 294 g/mol. The van der Waals surface area contributed by atoms with Crippen LogP contribution in [0.2, 0.25) is 0 Å². The summed E-state index contributed by atoms with van der Waals surface area (Å²) < 4.78 is 10.3. The molecule has 5 nitrogen and oxygen atoms in total. The van der Waals surface area contributed by atoms with E-state index in [-0.39, 0.29) is 11.5 Å². The smallest absolute Gasteiger partial charge is 0.342 e. The number of hydrogen-bond donors (Lipinski definition) is 1. The summed E-state index contributed by atoms with van der Waals surface area (Å²) >= 11 is 0. The fourth-order valence-corrected chi connectivity index (χ4v) is 2.02. The number of rotatable bonds is 6. The number of methoxy groups -OCH3 is 1. The predicted molar refractivity (Wildman–Crippen MR) is 86.2 cm³/mol. The van der Waals surface area contributed by atoms with Crippen molar-refractivity contribution >= 4 is 11.9 Å². The number of esters is 1. The topological polar surface area (TPSA) is 64.6 Å². The van der Waals surface area contributed by atoms with Gasteiger partial charge in [-0.05, 0) is 24.6 Å². The van der Waals surface area contributed by atoms with Gasteiger partial charge in [0.2, 0.25) is 0 Å². The van der Waals surface area contributed by atoms with Crippen LogP contribution in [0.15, 0.2) is 54.6 Å². The highest BCUT2D eigenvalue weighted by atomic mass is 16.5. The van der Waals surface area contributed by atoms with Crippen molar-refractivity contribution in [3.05, 3.63) is 65.7 Å².